The van der Waals surface area contributed by atoms with Crippen LogP contribution in [0.3, 0.4) is 0 Å². The van der Waals surface area contributed by atoms with Crippen molar-refractivity contribution in [1.82, 2.24) is 24.6 Å². The lowest BCUT2D eigenvalue weighted by Gasteiger charge is -2.29. The normalized spacial score (nSPS) is 28.7. The van der Waals surface area contributed by atoms with Gasteiger partial charge in [-0.25, -0.2) is 9.97 Å². The first-order valence-corrected chi connectivity index (χ1v) is 13.2. The molecule has 6 rings (SSSR count). The number of fused-ring (bicyclic) bond motifs is 1. The van der Waals surface area contributed by atoms with E-state index in [1.807, 2.05) is 18.0 Å². The van der Waals surface area contributed by atoms with Crippen molar-refractivity contribution >= 4 is 17.6 Å². The average Bonchev–Trinajstić information content (AvgIpc) is 3.38. The van der Waals surface area contributed by atoms with Crippen LogP contribution in [0.25, 0.3) is 0 Å². The molecule has 0 radical (unpaired) electrons. The highest BCUT2D eigenvalue weighted by Crippen LogP contribution is 2.47. The summed E-state index contributed by atoms with van der Waals surface area (Å²) >= 11 is 1.88. The number of aromatic nitrogens is 4. The molecule has 4 aliphatic rings. The number of nitrogens with zero attached hydrogens (tertiary/aromatic N) is 5. The van der Waals surface area contributed by atoms with Crippen LogP contribution < -0.4 is 5.32 Å². The molecule has 2 aromatic heterocycles. The summed E-state index contributed by atoms with van der Waals surface area (Å²) in [6.07, 6.45) is 15.2. The number of hydrogen-bond acceptors (Lipinski definition) is 7. The number of rotatable bonds is 5. The van der Waals surface area contributed by atoms with Crippen LogP contribution in [0.5, 0.6) is 0 Å². The van der Waals surface area contributed by atoms with Gasteiger partial charge in [0.25, 0.3) is 0 Å². The minimum Gasteiger partial charge on any atom is -0.373 e. The van der Waals surface area contributed by atoms with Gasteiger partial charge in [0.2, 0.25) is 0 Å². The lowest BCUT2D eigenvalue weighted by atomic mass is 9.86. The Labute approximate surface area is 194 Å². The predicted octanol–water partition coefficient (Wildman–Crippen LogP) is 5.05. The Kier molecular flexibility index (Phi) is 5.63. The van der Waals surface area contributed by atoms with Crippen LogP contribution in [-0.2, 0) is 4.74 Å². The molecule has 0 spiro atoms. The fraction of sp³-hybridized carbons (Fsp3) is 0.708. The number of anilines is 1. The van der Waals surface area contributed by atoms with Gasteiger partial charge in [-0.2, -0.15) is 5.10 Å². The fourth-order valence-electron chi connectivity index (χ4n) is 5.35. The third-order valence-electron chi connectivity index (χ3n) is 7.42. The van der Waals surface area contributed by atoms with Gasteiger partial charge in [-0.05, 0) is 52.6 Å². The van der Waals surface area contributed by atoms with E-state index in [2.05, 4.69) is 40.3 Å². The summed E-state index contributed by atoms with van der Waals surface area (Å²) in [5.41, 5.74) is 2.74. The molecule has 2 unspecified atom stereocenters. The zero-order chi connectivity index (χ0) is 21.7. The van der Waals surface area contributed by atoms with Crippen molar-refractivity contribution in [3.63, 3.8) is 0 Å². The van der Waals surface area contributed by atoms with Gasteiger partial charge < -0.3 is 10.1 Å². The molecular formula is C24H34N6OS. The molecule has 2 aliphatic carbocycles. The first kappa shape index (κ1) is 20.9. The van der Waals surface area contributed by atoms with Crippen molar-refractivity contribution in [3.05, 3.63) is 29.5 Å². The highest BCUT2D eigenvalue weighted by molar-refractivity contribution is 8.00. The average molecular weight is 455 g/mol. The van der Waals surface area contributed by atoms with Gasteiger partial charge in [-0.1, -0.05) is 31.0 Å². The quantitative estimate of drug-likeness (QED) is 0.678. The van der Waals surface area contributed by atoms with Gasteiger partial charge in [0.05, 0.1) is 28.9 Å². The summed E-state index contributed by atoms with van der Waals surface area (Å²) in [6, 6.07) is 0.606. The summed E-state index contributed by atoms with van der Waals surface area (Å²) < 4.78 is 8.30. The largest absolute Gasteiger partial charge is 0.373 e. The van der Waals surface area contributed by atoms with E-state index in [1.54, 1.807) is 0 Å². The molecule has 172 valence electrons. The number of thioether (sulfide) groups is 1. The van der Waals surface area contributed by atoms with Crippen molar-refractivity contribution in [2.45, 2.75) is 92.2 Å². The molecule has 2 aromatic rings. The maximum Gasteiger partial charge on any atom is 0.145 e. The molecule has 3 fully saturated rings. The molecule has 4 heterocycles. The third-order valence-corrected chi connectivity index (χ3v) is 8.82. The van der Waals surface area contributed by atoms with Gasteiger partial charge in [-0.3, -0.25) is 9.58 Å². The molecule has 2 aliphatic heterocycles. The van der Waals surface area contributed by atoms with Gasteiger partial charge in [0.1, 0.15) is 17.1 Å². The van der Waals surface area contributed by atoms with Crippen LogP contribution >= 0.6 is 11.8 Å². The van der Waals surface area contributed by atoms with E-state index in [9.17, 15) is 0 Å². The lowest BCUT2D eigenvalue weighted by molar-refractivity contribution is 0.00385. The Morgan fingerprint density at radius 1 is 1.06 bits per heavy atom. The molecule has 7 nitrogen and oxygen atoms in total. The molecule has 0 amide bonds. The lowest BCUT2D eigenvalue weighted by Crippen LogP contribution is -2.29. The standard InChI is InChI=1S/C24H34N6OS/c1-29(2)24-28-23-21(32-24)20(15-6-4-3-5-7-15)26-22(27-23)16-10-11-31-19(12-16)17-13-25-30(14-17)18-8-9-18/h13-16,18-19,24H,3-12H2,1-2H3,(H,26,27,28)/t16?,19-,24?/m1/s1. The minimum atomic E-state index is 0.0908. The Morgan fingerprint density at radius 3 is 2.69 bits per heavy atom. The van der Waals surface area contributed by atoms with Crippen molar-refractivity contribution in [2.75, 3.05) is 26.0 Å². The summed E-state index contributed by atoms with van der Waals surface area (Å²) in [4.78, 5) is 13.9. The zero-order valence-electron chi connectivity index (χ0n) is 19.2. The molecule has 1 saturated heterocycles. The Hall–Kier alpha value is -1.64. The Balaban J connectivity index is 1.28. The first-order chi connectivity index (χ1) is 15.7. The number of hydrogen-bond donors (Lipinski definition) is 1. The first-order valence-electron chi connectivity index (χ1n) is 12.3. The van der Waals surface area contributed by atoms with E-state index in [0.717, 1.165) is 31.1 Å². The SMILES string of the molecule is CN(C)C1Nc2nc(C3CCO[C@@H](c4cnn(C5CC5)c4)C3)nc(C3CCCCC3)c2S1. The molecule has 8 heteroatoms. The molecular weight excluding hydrogens is 420 g/mol. The molecule has 1 N–H and O–H groups in total. The minimum absolute atomic E-state index is 0.0908. The maximum atomic E-state index is 6.18. The fourth-order valence-corrected chi connectivity index (χ4v) is 6.50. The van der Waals surface area contributed by atoms with Gasteiger partial charge in [0, 0.05) is 30.2 Å². The second-order valence-corrected chi connectivity index (χ2v) is 11.2. The summed E-state index contributed by atoms with van der Waals surface area (Å²) in [5, 5.41) is 8.24. The highest BCUT2D eigenvalue weighted by Gasteiger charge is 2.35. The monoisotopic (exact) mass is 454 g/mol. The van der Waals surface area contributed by atoms with Crippen LogP contribution in [0.1, 0.15) is 98.9 Å². The van der Waals surface area contributed by atoms with E-state index < -0.39 is 0 Å². The molecule has 3 atom stereocenters. The molecule has 0 aromatic carbocycles. The van der Waals surface area contributed by atoms with Crippen LogP contribution in [-0.4, -0.2) is 50.8 Å². The second-order valence-electron chi connectivity index (χ2n) is 10.1. The highest BCUT2D eigenvalue weighted by atomic mass is 32.2. The molecule has 2 saturated carbocycles. The van der Waals surface area contributed by atoms with E-state index in [0.29, 0.717) is 17.9 Å². The summed E-state index contributed by atoms with van der Waals surface area (Å²) in [7, 11) is 4.24. The Morgan fingerprint density at radius 2 is 1.91 bits per heavy atom. The summed E-state index contributed by atoms with van der Waals surface area (Å²) in [5.74, 6) is 2.96. The van der Waals surface area contributed by atoms with Crippen LogP contribution in [0.15, 0.2) is 17.3 Å². The maximum absolute atomic E-state index is 6.18. The van der Waals surface area contributed by atoms with E-state index in [1.165, 1.54) is 61.1 Å². The molecule has 0 bridgehead atoms. The summed E-state index contributed by atoms with van der Waals surface area (Å²) in [6.45, 7) is 0.756. The van der Waals surface area contributed by atoms with Crippen molar-refractivity contribution in [1.29, 1.82) is 0 Å². The van der Waals surface area contributed by atoms with Gasteiger partial charge in [0.15, 0.2) is 0 Å². The number of nitrogens with one attached hydrogen (secondary N) is 1. The van der Waals surface area contributed by atoms with Crippen molar-refractivity contribution in [3.8, 4) is 0 Å². The third kappa shape index (κ3) is 4.05. The van der Waals surface area contributed by atoms with E-state index >= 15 is 0 Å². The van der Waals surface area contributed by atoms with Crippen molar-refractivity contribution < 1.29 is 4.74 Å². The zero-order valence-corrected chi connectivity index (χ0v) is 20.0. The Bertz CT molecular complexity index is 967. The van der Waals surface area contributed by atoms with Crippen LogP contribution in [0.2, 0.25) is 0 Å². The van der Waals surface area contributed by atoms with E-state index in [-0.39, 0.29) is 11.6 Å². The van der Waals surface area contributed by atoms with Crippen LogP contribution in [0, 0.1) is 0 Å². The van der Waals surface area contributed by atoms with Crippen LogP contribution in [0.4, 0.5) is 5.82 Å². The van der Waals surface area contributed by atoms with Crippen molar-refractivity contribution in [2.24, 2.45) is 0 Å². The number of ether oxygens (including phenoxy) is 1. The van der Waals surface area contributed by atoms with Gasteiger partial charge in [-0.15, -0.1) is 0 Å². The topological polar surface area (TPSA) is 68.1 Å². The second kappa shape index (κ2) is 8.61. The smallest absolute Gasteiger partial charge is 0.145 e. The van der Waals surface area contributed by atoms with Gasteiger partial charge >= 0.3 is 0 Å². The van der Waals surface area contributed by atoms with E-state index in [4.69, 9.17) is 14.7 Å². The predicted molar refractivity (Wildman–Crippen MR) is 126 cm³/mol. The molecule has 32 heavy (non-hydrogen) atoms.